The lowest BCUT2D eigenvalue weighted by Crippen LogP contribution is -2.50. The number of carbonyl (C=O) groups is 1. The number of hydrogen-bond donors (Lipinski definition) is 0. The minimum atomic E-state index is -2.03. The smallest absolute Gasteiger partial charge is 0.305 e. The standard InChI is InChI=1S/C68H117N3O4SSi2/c1-13-15-17-19-21-23-25-36-46-63(74-77(9,10)66(3,4)5)58-71(59-64(75-78(11,12)67(6,7)8)47-37-26-24-22-20-18-16-14-2)49-38-48-65(72)73-56-55-70-53-51-69(52-54-70)50-39-57-76-68(60-40-30-27-31-41-60,61-42-32-28-33-43-61)62-44-34-29-35-45-62/h27-35,40-45,63-64H,13-26,36-39,46-59H2,1-12H3. The van der Waals surface area contributed by atoms with Crippen molar-refractivity contribution in [2.45, 2.75) is 243 Å². The first kappa shape index (κ1) is 68.2. The van der Waals surface area contributed by atoms with E-state index in [0.717, 1.165) is 90.3 Å². The maximum absolute atomic E-state index is 13.5. The number of esters is 1. The van der Waals surface area contributed by atoms with Crippen molar-refractivity contribution in [2.75, 3.05) is 71.3 Å². The molecule has 3 aromatic carbocycles. The summed E-state index contributed by atoms with van der Waals surface area (Å²) in [7, 11) is -4.07. The van der Waals surface area contributed by atoms with Crippen molar-refractivity contribution in [3.63, 3.8) is 0 Å². The maximum Gasteiger partial charge on any atom is 0.305 e. The number of rotatable bonds is 41. The van der Waals surface area contributed by atoms with E-state index in [1.807, 2.05) is 0 Å². The van der Waals surface area contributed by atoms with E-state index in [4.69, 9.17) is 13.6 Å². The molecule has 10 heteroatoms. The van der Waals surface area contributed by atoms with Crippen molar-refractivity contribution in [1.82, 2.24) is 14.7 Å². The zero-order valence-corrected chi connectivity index (χ0v) is 55.1. The molecular weight excluding hydrogens is 1010 g/mol. The summed E-state index contributed by atoms with van der Waals surface area (Å²) in [5, 5.41) is 0.277. The van der Waals surface area contributed by atoms with E-state index in [2.05, 4.69) is 199 Å². The van der Waals surface area contributed by atoms with Gasteiger partial charge in [-0.15, -0.1) is 11.8 Å². The molecular formula is C68H117N3O4SSi2. The second-order valence-corrected chi connectivity index (χ2v) is 37.1. The molecule has 0 bridgehead atoms. The number of benzene rings is 3. The minimum absolute atomic E-state index is 0.0651. The van der Waals surface area contributed by atoms with Crippen LogP contribution in [0.15, 0.2) is 91.0 Å². The molecule has 442 valence electrons. The van der Waals surface area contributed by atoms with Crippen LogP contribution in [-0.4, -0.2) is 121 Å². The zero-order valence-electron chi connectivity index (χ0n) is 52.3. The summed E-state index contributed by atoms with van der Waals surface area (Å²) >= 11 is 2.06. The second-order valence-electron chi connectivity index (χ2n) is 26.3. The predicted octanol–water partition coefficient (Wildman–Crippen LogP) is 18.2. The Morgan fingerprint density at radius 2 is 0.897 bits per heavy atom. The number of unbranched alkanes of at least 4 members (excludes halogenated alkanes) is 14. The van der Waals surface area contributed by atoms with Crippen molar-refractivity contribution in [3.8, 4) is 0 Å². The molecule has 4 rings (SSSR count). The third kappa shape index (κ3) is 24.7. The van der Waals surface area contributed by atoms with E-state index in [-0.39, 0.29) is 33.0 Å². The number of hydrogen-bond acceptors (Lipinski definition) is 8. The Morgan fingerprint density at radius 1 is 0.526 bits per heavy atom. The van der Waals surface area contributed by atoms with Crippen LogP contribution in [0, 0.1) is 0 Å². The van der Waals surface area contributed by atoms with Gasteiger partial charge in [-0.3, -0.25) is 14.6 Å². The lowest BCUT2D eigenvalue weighted by Gasteiger charge is -2.42. The summed E-state index contributed by atoms with van der Waals surface area (Å²) in [4.78, 5) is 21.3. The Hall–Kier alpha value is -2.29. The Bertz CT molecular complexity index is 1840. The Balaban J connectivity index is 1.33. The molecule has 0 aliphatic carbocycles. The number of ether oxygens (including phenoxy) is 1. The lowest BCUT2D eigenvalue weighted by molar-refractivity contribution is -0.144. The van der Waals surface area contributed by atoms with Crippen molar-refractivity contribution in [3.05, 3.63) is 108 Å². The first-order valence-electron chi connectivity index (χ1n) is 31.8. The summed E-state index contributed by atoms with van der Waals surface area (Å²) in [5.74, 6) is 0.992. The fourth-order valence-corrected chi connectivity index (χ4v) is 15.0. The minimum Gasteiger partial charge on any atom is -0.464 e. The normalized spacial score (nSPS) is 15.2. The maximum atomic E-state index is 13.5. The predicted molar refractivity (Wildman–Crippen MR) is 344 cm³/mol. The van der Waals surface area contributed by atoms with E-state index in [0.29, 0.717) is 13.0 Å². The van der Waals surface area contributed by atoms with Crippen LogP contribution in [0.4, 0.5) is 0 Å². The van der Waals surface area contributed by atoms with Gasteiger partial charge in [0.15, 0.2) is 16.6 Å². The van der Waals surface area contributed by atoms with Crippen LogP contribution >= 0.6 is 11.8 Å². The molecule has 1 saturated heterocycles. The highest BCUT2D eigenvalue weighted by Crippen LogP contribution is 2.49. The van der Waals surface area contributed by atoms with Gasteiger partial charge >= 0.3 is 5.97 Å². The highest BCUT2D eigenvalue weighted by molar-refractivity contribution is 8.00. The molecule has 1 aliphatic rings. The largest absolute Gasteiger partial charge is 0.464 e. The molecule has 0 saturated carbocycles. The molecule has 0 N–H and O–H groups in total. The van der Waals surface area contributed by atoms with Gasteiger partial charge in [0.1, 0.15) is 6.61 Å². The molecule has 1 heterocycles. The van der Waals surface area contributed by atoms with Crippen LogP contribution < -0.4 is 0 Å². The van der Waals surface area contributed by atoms with Crippen LogP contribution in [0.2, 0.25) is 36.3 Å². The number of nitrogens with zero attached hydrogens (tertiary/aromatic N) is 3. The van der Waals surface area contributed by atoms with Gasteiger partial charge in [-0.1, -0.05) is 249 Å². The van der Waals surface area contributed by atoms with Gasteiger partial charge in [0.2, 0.25) is 0 Å². The SMILES string of the molecule is CCCCCCCCCCC(CN(CCCC(=O)OCCN1CCN(CCCSC(c2ccccc2)(c2ccccc2)c2ccccc2)CC1)CC(CCCCCCCCCC)O[Si](C)(C)C(C)(C)C)O[Si](C)(C)C(C)(C)C. The van der Waals surface area contributed by atoms with Gasteiger partial charge < -0.3 is 18.5 Å². The van der Waals surface area contributed by atoms with Crippen molar-refractivity contribution < 1.29 is 18.4 Å². The van der Waals surface area contributed by atoms with Crippen molar-refractivity contribution in [2.24, 2.45) is 0 Å². The molecule has 1 fully saturated rings. The molecule has 7 nitrogen and oxygen atoms in total. The van der Waals surface area contributed by atoms with E-state index in [1.54, 1.807) is 0 Å². The summed E-state index contributed by atoms with van der Waals surface area (Å²) in [6, 6.07) is 33.2. The molecule has 78 heavy (non-hydrogen) atoms. The molecule has 2 unspecified atom stereocenters. The van der Waals surface area contributed by atoms with E-state index >= 15 is 0 Å². The first-order valence-corrected chi connectivity index (χ1v) is 38.6. The Labute approximate surface area is 487 Å². The van der Waals surface area contributed by atoms with E-state index in [9.17, 15) is 4.79 Å². The monoisotopic (exact) mass is 1130 g/mol. The number of carbonyl (C=O) groups excluding carboxylic acids is 1. The molecule has 3 aromatic rings. The van der Waals surface area contributed by atoms with E-state index in [1.165, 1.54) is 119 Å². The fraction of sp³-hybridized carbons (Fsp3) is 0.721. The van der Waals surface area contributed by atoms with Crippen LogP contribution in [0.1, 0.15) is 207 Å². The quantitative estimate of drug-likeness (QED) is 0.0241. The second kappa shape index (κ2) is 36.3. The third-order valence-electron chi connectivity index (χ3n) is 17.7. The average molecular weight is 1130 g/mol. The molecule has 0 amide bonds. The van der Waals surface area contributed by atoms with Crippen molar-refractivity contribution in [1.29, 1.82) is 0 Å². The lowest BCUT2D eigenvalue weighted by atomic mass is 9.84. The topological polar surface area (TPSA) is 54.5 Å². The first-order chi connectivity index (χ1) is 37.3. The van der Waals surface area contributed by atoms with Crippen LogP contribution in [0.25, 0.3) is 0 Å². The highest BCUT2D eigenvalue weighted by atomic mass is 32.2. The summed E-state index contributed by atoms with van der Waals surface area (Å²) in [6.07, 6.45) is 26.0. The Kier molecular flexibility index (Phi) is 31.8. The van der Waals surface area contributed by atoms with Gasteiger partial charge in [0.25, 0.3) is 0 Å². The average Bonchev–Trinajstić information content (AvgIpc) is 3.49. The summed E-state index contributed by atoms with van der Waals surface area (Å²) in [5.41, 5.74) is 3.97. The number of piperazine rings is 1. The molecule has 2 atom stereocenters. The number of thioether (sulfide) groups is 1. The van der Waals surface area contributed by atoms with Crippen molar-refractivity contribution >= 4 is 34.4 Å². The van der Waals surface area contributed by atoms with Gasteiger partial charge in [-0.25, -0.2) is 0 Å². The van der Waals surface area contributed by atoms with Gasteiger partial charge in [0, 0.05) is 52.2 Å². The van der Waals surface area contributed by atoms with E-state index < -0.39 is 16.6 Å². The molecule has 0 aromatic heterocycles. The zero-order chi connectivity index (χ0) is 56.8. The molecule has 0 radical (unpaired) electrons. The summed E-state index contributed by atoms with van der Waals surface area (Å²) in [6.45, 7) is 37.7. The van der Waals surface area contributed by atoms with Crippen LogP contribution in [-0.2, 0) is 23.1 Å². The Morgan fingerprint density at radius 3 is 1.28 bits per heavy atom. The van der Waals surface area contributed by atoms with Crippen LogP contribution in [0.5, 0.6) is 0 Å². The van der Waals surface area contributed by atoms with Gasteiger partial charge in [0.05, 0.1) is 17.0 Å². The molecule has 0 spiro atoms. The van der Waals surface area contributed by atoms with Crippen LogP contribution in [0.3, 0.4) is 0 Å². The molecule has 1 aliphatic heterocycles. The highest BCUT2D eigenvalue weighted by Gasteiger charge is 2.42. The summed E-state index contributed by atoms with van der Waals surface area (Å²) < 4.78 is 20.5. The third-order valence-corrected chi connectivity index (χ3v) is 28.4. The fourth-order valence-electron chi connectivity index (χ4n) is 10.7. The van der Waals surface area contributed by atoms with Gasteiger partial charge in [-0.2, -0.15) is 0 Å². The van der Waals surface area contributed by atoms with Gasteiger partial charge in [-0.05, 0) is 97.5 Å².